The summed E-state index contributed by atoms with van der Waals surface area (Å²) in [5, 5.41) is 37.1. The molecule has 1 aromatic rings. The molecule has 6 heteroatoms. The van der Waals surface area contributed by atoms with Crippen molar-refractivity contribution in [1.82, 2.24) is 10.2 Å². The van der Waals surface area contributed by atoms with Crippen LogP contribution in [0.4, 0.5) is 5.82 Å². The average molecular weight is 199 g/mol. The molecular weight excluding hydrogens is 186 g/mol. The van der Waals surface area contributed by atoms with E-state index in [4.69, 9.17) is 15.3 Å². The summed E-state index contributed by atoms with van der Waals surface area (Å²) in [6.45, 7) is -1.18. The molecule has 14 heavy (non-hydrogen) atoms. The molecule has 0 bridgehead atoms. The highest BCUT2D eigenvalue weighted by atomic mass is 16.3. The Labute approximate surface area is 81.2 Å². The van der Waals surface area contributed by atoms with E-state index in [0.717, 1.165) is 0 Å². The fourth-order valence-electron chi connectivity index (χ4n) is 0.908. The number of aromatic nitrogens is 2. The lowest BCUT2D eigenvalue weighted by Gasteiger charge is -2.28. The number of aliphatic hydroxyl groups excluding tert-OH is 3. The highest BCUT2D eigenvalue weighted by molar-refractivity contribution is 5.35. The molecule has 0 fully saturated rings. The molecule has 1 aromatic heterocycles. The molecule has 1 heterocycles. The Morgan fingerprint density at radius 2 is 1.86 bits per heavy atom. The van der Waals surface area contributed by atoms with Gasteiger partial charge in [-0.25, -0.2) is 0 Å². The van der Waals surface area contributed by atoms with E-state index >= 15 is 0 Å². The first-order valence-corrected chi connectivity index (χ1v) is 4.15. The van der Waals surface area contributed by atoms with Gasteiger partial charge in [0.25, 0.3) is 0 Å². The highest BCUT2D eigenvalue weighted by Gasteiger charge is 2.28. The first-order chi connectivity index (χ1) is 6.76. The minimum absolute atomic E-state index is 0.392. The SMILES string of the molecule is OCC(CO)(CO)Nc1cccnn1. The van der Waals surface area contributed by atoms with E-state index in [1.807, 2.05) is 0 Å². The summed E-state index contributed by atoms with van der Waals surface area (Å²) in [6, 6.07) is 3.29. The molecule has 0 saturated heterocycles. The number of nitrogens with one attached hydrogen (secondary N) is 1. The Balaban J connectivity index is 2.74. The molecule has 0 unspecified atom stereocenters. The predicted molar refractivity (Wildman–Crippen MR) is 49.6 cm³/mol. The fourth-order valence-corrected chi connectivity index (χ4v) is 0.908. The topological polar surface area (TPSA) is 98.5 Å². The molecule has 0 radical (unpaired) electrons. The molecule has 0 aliphatic heterocycles. The van der Waals surface area contributed by atoms with Gasteiger partial charge in [-0.15, -0.1) is 5.10 Å². The third kappa shape index (κ3) is 2.38. The van der Waals surface area contributed by atoms with Gasteiger partial charge in [0.15, 0.2) is 0 Å². The summed E-state index contributed by atoms with van der Waals surface area (Å²) >= 11 is 0. The second kappa shape index (κ2) is 4.85. The Morgan fingerprint density at radius 3 is 2.29 bits per heavy atom. The predicted octanol–water partition coefficient (Wildman–Crippen LogP) is -1.40. The largest absolute Gasteiger partial charge is 0.394 e. The molecule has 1 rings (SSSR count). The van der Waals surface area contributed by atoms with E-state index in [1.165, 1.54) is 6.20 Å². The first kappa shape index (κ1) is 10.8. The van der Waals surface area contributed by atoms with Crippen molar-refractivity contribution in [3.8, 4) is 0 Å². The highest BCUT2D eigenvalue weighted by Crippen LogP contribution is 2.10. The molecule has 78 valence electrons. The number of aliphatic hydroxyl groups is 3. The van der Waals surface area contributed by atoms with Gasteiger partial charge in [0, 0.05) is 6.20 Å². The van der Waals surface area contributed by atoms with Gasteiger partial charge in [0.2, 0.25) is 0 Å². The molecule has 0 spiro atoms. The molecule has 0 aliphatic carbocycles. The van der Waals surface area contributed by atoms with Crippen molar-refractivity contribution in [2.24, 2.45) is 0 Å². The van der Waals surface area contributed by atoms with E-state index in [1.54, 1.807) is 12.1 Å². The smallest absolute Gasteiger partial charge is 0.149 e. The van der Waals surface area contributed by atoms with Crippen LogP contribution in [0.1, 0.15) is 0 Å². The lowest BCUT2D eigenvalue weighted by Crippen LogP contribution is -2.49. The zero-order chi connectivity index (χ0) is 10.4. The van der Waals surface area contributed by atoms with Gasteiger partial charge in [0.1, 0.15) is 11.4 Å². The van der Waals surface area contributed by atoms with Crippen molar-refractivity contribution in [2.45, 2.75) is 5.54 Å². The zero-order valence-corrected chi connectivity index (χ0v) is 7.59. The molecular formula is C8H13N3O3. The van der Waals surface area contributed by atoms with Crippen molar-refractivity contribution >= 4 is 5.82 Å². The minimum atomic E-state index is -1.16. The monoisotopic (exact) mass is 199 g/mol. The van der Waals surface area contributed by atoms with Crippen molar-refractivity contribution in [1.29, 1.82) is 0 Å². The van der Waals surface area contributed by atoms with Crippen LogP contribution in [-0.2, 0) is 0 Å². The lowest BCUT2D eigenvalue weighted by molar-refractivity contribution is 0.0830. The summed E-state index contributed by atoms with van der Waals surface area (Å²) in [7, 11) is 0. The van der Waals surface area contributed by atoms with Crippen LogP contribution < -0.4 is 5.32 Å². The Bertz CT molecular complexity index is 256. The second-order valence-corrected chi connectivity index (χ2v) is 2.99. The van der Waals surface area contributed by atoms with E-state index in [2.05, 4.69) is 15.5 Å². The second-order valence-electron chi connectivity index (χ2n) is 2.99. The van der Waals surface area contributed by atoms with Gasteiger partial charge >= 0.3 is 0 Å². The maximum absolute atomic E-state index is 9.01. The van der Waals surface area contributed by atoms with Crippen LogP contribution in [0.3, 0.4) is 0 Å². The maximum atomic E-state index is 9.01. The Kier molecular flexibility index (Phi) is 3.75. The number of rotatable bonds is 5. The van der Waals surface area contributed by atoms with Crippen LogP contribution in [0.25, 0.3) is 0 Å². The number of hydrogen-bond acceptors (Lipinski definition) is 6. The van der Waals surface area contributed by atoms with E-state index in [9.17, 15) is 0 Å². The third-order valence-corrected chi connectivity index (χ3v) is 1.87. The van der Waals surface area contributed by atoms with Crippen molar-refractivity contribution < 1.29 is 15.3 Å². The Morgan fingerprint density at radius 1 is 1.21 bits per heavy atom. The molecule has 0 aliphatic rings. The van der Waals surface area contributed by atoms with Gasteiger partial charge in [-0.05, 0) is 12.1 Å². The standard InChI is InChI=1S/C8H13N3O3/c12-4-8(5-13,6-14)10-7-2-1-3-9-11-7/h1-3,12-14H,4-6H2,(H,10,11). The minimum Gasteiger partial charge on any atom is -0.394 e. The van der Waals surface area contributed by atoms with Crippen LogP contribution in [0, 0.1) is 0 Å². The van der Waals surface area contributed by atoms with Crippen molar-refractivity contribution in [3.63, 3.8) is 0 Å². The molecule has 4 N–H and O–H groups in total. The van der Waals surface area contributed by atoms with Gasteiger partial charge in [-0.1, -0.05) is 0 Å². The first-order valence-electron chi connectivity index (χ1n) is 4.15. The molecule has 0 saturated carbocycles. The third-order valence-electron chi connectivity index (χ3n) is 1.87. The van der Waals surface area contributed by atoms with Crippen LogP contribution in [0.5, 0.6) is 0 Å². The summed E-state index contributed by atoms with van der Waals surface area (Å²) in [5.74, 6) is 0.393. The van der Waals surface area contributed by atoms with Crippen LogP contribution in [0.2, 0.25) is 0 Å². The van der Waals surface area contributed by atoms with Gasteiger partial charge in [0.05, 0.1) is 19.8 Å². The van der Waals surface area contributed by atoms with Gasteiger partial charge in [-0.2, -0.15) is 5.10 Å². The summed E-state index contributed by atoms with van der Waals surface area (Å²) in [4.78, 5) is 0. The van der Waals surface area contributed by atoms with Crippen molar-refractivity contribution in [2.75, 3.05) is 25.1 Å². The van der Waals surface area contributed by atoms with Crippen LogP contribution in [-0.4, -0.2) is 50.9 Å². The fraction of sp³-hybridized carbons (Fsp3) is 0.500. The molecule has 0 atom stereocenters. The normalized spacial score (nSPS) is 11.4. The number of hydrogen-bond donors (Lipinski definition) is 4. The molecule has 0 amide bonds. The van der Waals surface area contributed by atoms with Gasteiger partial charge in [-0.3, -0.25) is 0 Å². The maximum Gasteiger partial charge on any atom is 0.149 e. The van der Waals surface area contributed by atoms with E-state index in [-0.39, 0.29) is 0 Å². The number of nitrogens with zero attached hydrogens (tertiary/aromatic N) is 2. The quantitative estimate of drug-likeness (QED) is 0.466. The zero-order valence-electron chi connectivity index (χ0n) is 7.59. The Hall–Kier alpha value is -1.24. The van der Waals surface area contributed by atoms with Crippen LogP contribution >= 0.6 is 0 Å². The van der Waals surface area contributed by atoms with E-state index < -0.39 is 25.4 Å². The lowest BCUT2D eigenvalue weighted by atomic mass is 10.0. The average Bonchev–Trinajstić information content (AvgIpc) is 2.28. The summed E-state index contributed by atoms with van der Waals surface area (Å²) in [6.07, 6.45) is 1.50. The summed E-state index contributed by atoms with van der Waals surface area (Å²) in [5.41, 5.74) is -1.16. The van der Waals surface area contributed by atoms with Crippen molar-refractivity contribution in [3.05, 3.63) is 18.3 Å². The summed E-state index contributed by atoms with van der Waals surface area (Å²) < 4.78 is 0. The van der Waals surface area contributed by atoms with Crippen LogP contribution in [0.15, 0.2) is 18.3 Å². The molecule has 6 nitrogen and oxygen atoms in total. The number of anilines is 1. The van der Waals surface area contributed by atoms with E-state index in [0.29, 0.717) is 5.82 Å². The molecule has 0 aromatic carbocycles. The van der Waals surface area contributed by atoms with Gasteiger partial charge < -0.3 is 20.6 Å².